The van der Waals surface area contributed by atoms with E-state index in [4.69, 9.17) is 9.25 Å². The molecule has 2 aromatic carbocycles. The molecule has 0 fully saturated rings. The minimum Gasteiger partial charge on any atom is -0.459 e. The summed E-state index contributed by atoms with van der Waals surface area (Å²) < 4.78 is 32.8. The molecule has 1 amide bonds. The normalized spacial score (nSPS) is 15.7. The molecule has 1 aromatic heterocycles. The fourth-order valence-electron chi connectivity index (χ4n) is 3.26. The van der Waals surface area contributed by atoms with Gasteiger partial charge in [0.1, 0.15) is 11.6 Å². The SMILES string of the molecule is O=C(c1ccco1)N(Cc1cccc(F)c1)CC1CC(c2ccccc2F)=NO1. The van der Waals surface area contributed by atoms with Crippen LogP contribution >= 0.6 is 0 Å². The predicted octanol–water partition coefficient (Wildman–Crippen LogP) is 4.39. The van der Waals surface area contributed by atoms with Gasteiger partial charge in [0.25, 0.3) is 5.91 Å². The first-order valence-corrected chi connectivity index (χ1v) is 9.15. The summed E-state index contributed by atoms with van der Waals surface area (Å²) in [4.78, 5) is 19.8. The highest BCUT2D eigenvalue weighted by atomic mass is 19.1. The van der Waals surface area contributed by atoms with Crippen LogP contribution in [0.2, 0.25) is 0 Å². The highest BCUT2D eigenvalue weighted by Gasteiger charge is 2.29. The summed E-state index contributed by atoms with van der Waals surface area (Å²) in [5.41, 5.74) is 1.51. The molecule has 0 bridgehead atoms. The van der Waals surface area contributed by atoms with E-state index < -0.39 is 6.10 Å². The fourth-order valence-corrected chi connectivity index (χ4v) is 3.26. The van der Waals surface area contributed by atoms with Crippen molar-refractivity contribution in [3.8, 4) is 0 Å². The van der Waals surface area contributed by atoms with Crippen LogP contribution in [-0.2, 0) is 11.4 Å². The number of benzene rings is 2. The lowest BCUT2D eigenvalue weighted by Crippen LogP contribution is -2.37. The van der Waals surface area contributed by atoms with E-state index in [-0.39, 0.29) is 36.4 Å². The first-order chi connectivity index (χ1) is 14.1. The van der Waals surface area contributed by atoms with Gasteiger partial charge in [-0.2, -0.15) is 0 Å². The van der Waals surface area contributed by atoms with Crippen molar-refractivity contribution < 1.29 is 22.8 Å². The molecule has 1 aliphatic rings. The molecule has 1 atom stereocenters. The van der Waals surface area contributed by atoms with E-state index in [9.17, 15) is 13.6 Å². The van der Waals surface area contributed by atoms with Crippen molar-refractivity contribution in [3.63, 3.8) is 0 Å². The Morgan fingerprint density at radius 2 is 1.97 bits per heavy atom. The maximum Gasteiger partial charge on any atom is 0.289 e. The molecule has 1 aliphatic heterocycles. The van der Waals surface area contributed by atoms with E-state index in [1.54, 1.807) is 42.5 Å². The number of furan rings is 1. The summed E-state index contributed by atoms with van der Waals surface area (Å²) in [5.74, 6) is -0.925. The highest BCUT2D eigenvalue weighted by Crippen LogP contribution is 2.21. The second-order valence-electron chi connectivity index (χ2n) is 6.74. The molecule has 0 aliphatic carbocycles. The van der Waals surface area contributed by atoms with Crippen molar-refractivity contribution in [2.75, 3.05) is 6.54 Å². The molecule has 4 rings (SSSR count). The number of halogens is 2. The Morgan fingerprint density at radius 3 is 2.72 bits per heavy atom. The fraction of sp³-hybridized carbons (Fsp3) is 0.182. The lowest BCUT2D eigenvalue weighted by molar-refractivity contribution is 0.0387. The molecule has 0 saturated carbocycles. The van der Waals surface area contributed by atoms with Gasteiger partial charge >= 0.3 is 0 Å². The van der Waals surface area contributed by atoms with Crippen LogP contribution in [0.4, 0.5) is 8.78 Å². The third kappa shape index (κ3) is 4.34. The summed E-state index contributed by atoms with van der Waals surface area (Å²) in [6, 6.07) is 15.6. The zero-order valence-electron chi connectivity index (χ0n) is 15.4. The zero-order chi connectivity index (χ0) is 20.2. The van der Waals surface area contributed by atoms with Crippen molar-refractivity contribution in [1.82, 2.24) is 4.90 Å². The van der Waals surface area contributed by atoms with E-state index in [0.29, 0.717) is 23.3 Å². The highest BCUT2D eigenvalue weighted by molar-refractivity contribution is 6.01. The largest absolute Gasteiger partial charge is 0.459 e. The Balaban J connectivity index is 1.50. The van der Waals surface area contributed by atoms with Gasteiger partial charge in [0.15, 0.2) is 11.9 Å². The number of hydrogen-bond donors (Lipinski definition) is 0. The Bertz CT molecular complexity index is 1030. The molecule has 3 aromatic rings. The molecule has 0 radical (unpaired) electrons. The Labute approximate surface area is 166 Å². The van der Waals surface area contributed by atoms with Gasteiger partial charge in [-0.25, -0.2) is 8.78 Å². The zero-order valence-corrected chi connectivity index (χ0v) is 15.4. The summed E-state index contributed by atoms with van der Waals surface area (Å²) in [7, 11) is 0. The third-order valence-corrected chi connectivity index (χ3v) is 4.62. The maximum atomic E-state index is 14.0. The van der Waals surface area contributed by atoms with Gasteiger partial charge in [-0.05, 0) is 35.9 Å². The standard InChI is InChI=1S/C22H18F2N2O3/c23-16-6-3-5-15(11-16)13-26(22(27)21-9-4-10-28-21)14-17-12-20(25-29-17)18-7-1-2-8-19(18)24/h1-11,17H,12-14H2. The molecule has 2 heterocycles. The van der Waals surface area contributed by atoms with Crippen LogP contribution in [0.3, 0.4) is 0 Å². The van der Waals surface area contributed by atoms with Gasteiger partial charge < -0.3 is 14.2 Å². The molecular weight excluding hydrogens is 378 g/mol. The minimum absolute atomic E-state index is 0.173. The number of rotatable bonds is 6. The van der Waals surface area contributed by atoms with Crippen molar-refractivity contribution in [2.45, 2.75) is 19.1 Å². The number of nitrogens with zero attached hydrogens (tertiary/aromatic N) is 2. The molecule has 7 heteroatoms. The number of hydrogen-bond acceptors (Lipinski definition) is 4. The van der Waals surface area contributed by atoms with Crippen LogP contribution in [0.25, 0.3) is 0 Å². The Hall–Kier alpha value is -3.48. The van der Waals surface area contributed by atoms with Gasteiger partial charge in [0.05, 0.1) is 18.5 Å². The molecular formula is C22H18F2N2O3. The third-order valence-electron chi connectivity index (χ3n) is 4.62. The second-order valence-corrected chi connectivity index (χ2v) is 6.74. The second kappa shape index (κ2) is 8.26. The van der Waals surface area contributed by atoms with Crippen LogP contribution in [0.15, 0.2) is 76.5 Å². The smallest absolute Gasteiger partial charge is 0.289 e. The van der Waals surface area contributed by atoms with Crippen LogP contribution in [0.5, 0.6) is 0 Å². The van der Waals surface area contributed by atoms with E-state index in [2.05, 4.69) is 5.16 Å². The summed E-state index contributed by atoms with van der Waals surface area (Å²) in [5, 5.41) is 4.00. The lowest BCUT2D eigenvalue weighted by Gasteiger charge is -2.24. The lowest BCUT2D eigenvalue weighted by atomic mass is 10.0. The summed E-state index contributed by atoms with van der Waals surface area (Å²) in [6.45, 7) is 0.365. The minimum atomic E-state index is -0.447. The monoisotopic (exact) mass is 396 g/mol. The average molecular weight is 396 g/mol. The molecule has 1 unspecified atom stereocenters. The molecule has 5 nitrogen and oxygen atoms in total. The van der Waals surface area contributed by atoms with E-state index >= 15 is 0 Å². The van der Waals surface area contributed by atoms with Crippen LogP contribution < -0.4 is 0 Å². The van der Waals surface area contributed by atoms with E-state index in [1.807, 2.05) is 0 Å². The average Bonchev–Trinajstić information content (AvgIpc) is 3.40. The van der Waals surface area contributed by atoms with Crippen molar-refractivity contribution in [1.29, 1.82) is 0 Å². The van der Waals surface area contributed by atoms with E-state index in [0.717, 1.165) is 0 Å². The molecule has 0 saturated heterocycles. The predicted molar refractivity (Wildman–Crippen MR) is 102 cm³/mol. The van der Waals surface area contributed by atoms with Gasteiger partial charge in [-0.3, -0.25) is 4.79 Å². The molecule has 0 N–H and O–H groups in total. The Morgan fingerprint density at radius 1 is 1.10 bits per heavy atom. The van der Waals surface area contributed by atoms with Gasteiger partial charge in [-0.15, -0.1) is 0 Å². The van der Waals surface area contributed by atoms with Gasteiger partial charge in [-0.1, -0.05) is 35.5 Å². The summed E-state index contributed by atoms with van der Waals surface area (Å²) >= 11 is 0. The molecule has 29 heavy (non-hydrogen) atoms. The first kappa shape index (κ1) is 18.9. The van der Waals surface area contributed by atoms with Crippen LogP contribution in [-0.4, -0.2) is 29.2 Å². The number of oxime groups is 1. The Kier molecular flexibility index (Phi) is 5.37. The van der Waals surface area contributed by atoms with Gasteiger partial charge in [0, 0.05) is 18.5 Å². The van der Waals surface area contributed by atoms with Gasteiger partial charge in [0.2, 0.25) is 0 Å². The number of amides is 1. The quantitative estimate of drug-likeness (QED) is 0.621. The summed E-state index contributed by atoms with van der Waals surface area (Å²) in [6.07, 6.45) is 1.32. The van der Waals surface area contributed by atoms with Crippen molar-refractivity contribution >= 4 is 11.6 Å². The van der Waals surface area contributed by atoms with Crippen LogP contribution in [0, 0.1) is 11.6 Å². The maximum absolute atomic E-state index is 14.0. The van der Waals surface area contributed by atoms with Crippen LogP contribution in [0.1, 0.15) is 28.1 Å². The molecule has 0 spiro atoms. The number of carbonyl (C=O) groups is 1. The topological polar surface area (TPSA) is 55.0 Å². The number of carbonyl (C=O) groups excluding carboxylic acids is 1. The first-order valence-electron chi connectivity index (χ1n) is 9.15. The van der Waals surface area contributed by atoms with E-state index in [1.165, 1.54) is 29.4 Å². The van der Waals surface area contributed by atoms with Crippen molar-refractivity contribution in [2.24, 2.45) is 5.16 Å². The van der Waals surface area contributed by atoms with Crippen molar-refractivity contribution in [3.05, 3.63) is 95.4 Å². The molecule has 148 valence electrons.